The molecule has 0 aliphatic carbocycles. The highest BCUT2D eigenvalue weighted by atomic mass is 16.6. The van der Waals surface area contributed by atoms with Gasteiger partial charge >= 0.3 is 5.97 Å². The predicted octanol–water partition coefficient (Wildman–Crippen LogP) is 1.44. The first-order chi connectivity index (χ1) is 16.0. The lowest BCUT2D eigenvalue weighted by Crippen LogP contribution is -2.58. The first-order valence-electron chi connectivity index (χ1n) is 12.1. The third kappa shape index (κ3) is 4.04. The van der Waals surface area contributed by atoms with E-state index in [0.29, 0.717) is 25.8 Å². The third-order valence-electron chi connectivity index (χ3n) is 7.29. The lowest BCUT2D eigenvalue weighted by molar-refractivity contribution is -0.155. The Bertz CT molecular complexity index is 877. The summed E-state index contributed by atoms with van der Waals surface area (Å²) in [6.45, 7) is 4.20. The summed E-state index contributed by atoms with van der Waals surface area (Å²) in [7, 11) is 0. The van der Waals surface area contributed by atoms with Crippen molar-refractivity contribution in [3.8, 4) is 0 Å². The highest BCUT2D eigenvalue weighted by molar-refractivity contribution is 5.98. The van der Waals surface area contributed by atoms with Gasteiger partial charge in [-0.25, -0.2) is 0 Å². The lowest BCUT2D eigenvalue weighted by atomic mass is 9.71. The van der Waals surface area contributed by atoms with Crippen LogP contribution in [0, 0.1) is 11.8 Å². The molecule has 1 aromatic rings. The fraction of sp³-hybridized carbons (Fsp3) is 0.640. The fourth-order valence-corrected chi connectivity index (χ4v) is 5.91. The molecule has 1 aromatic carbocycles. The molecule has 2 amide bonds. The number of carbonyl (C=O) groups excluding carboxylic acids is 3. The molecule has 1 spiro atoms. The van der Waals surface area contributed by atoms with E-state index in [-0.39, 0.29) is 25.0 Å². The van der Waals surface area contributed by atoms with Gasteiger partial charge in [0.05, 0.1) is 37.2 Å². The average Bonchev–Trinajstić information content (AvgIpc) is 3.46. The van der Waals surface area contributed by atoms with Crippen molar-refractivity contribution in [1.82, 2.24) is 10.2 Å². The van der Waals surface area contributed by atoms with E-state index < -0.39 is 41.6 Å². The van der Waals surface area contributed by atoms with E-state index in [4.69, 9.17) is 9.47 Å². The Hall–Kier alpha value is -2.45. The maximum Gasteiger partial charge on any atom is 0.312 e. The quantitative estimate of drug-likeness (QED) is 0.406. The summed E-state index contributed by atoms with van der Waals surface area (Å²) in [5.41, 5.74) is -0.115. The molecule has 3 aliphatic heterocycles. The van der Waals surface area contributed by atoms with E-state index in [0.717, 1.165) is 18.4 Å². The minimum Gasteiger partial charge on any atom is -0.466 e. The Morgan fingerprint density at radius 2 is 2.06 bits per heavy atom. The summed E-state index contributed by atoms with van der Waals surface area (Å²) >= 11 is 0. The van der Waals surface area contributed by atoms with Crippen LogP contribution >= 0.6 is 0 Å². The number of aliphatic hydroxyl groups is 1. The summed E-state index contributed by atoms with van der Waals surface area (Å²) in [4.78, 5) is 41.7. The number of aliphatic hydroxyl groups excluding tert-OH is 1. The molecule has 0 saturated carbocycles. The van der Waals surface area contributed by atoms with E-state index in [9.17, 15) is 19.5 Å². The Labute approximate surface area is 194 Å². The molecule has 8 heteroatoms. The maximum atomic E-state index is 13.9. The number of unbranched alkanes of at least 4 members (excludes halogenated alkanes) is 1. The van der Waals surface area contributed by atoms with Crippen LogP contribution in [0.25, 0.3) is 0 Å². The number of hydrogen-bond donors (Lipinski definition) is 2. The van der Waals surface area contributed by atoms with E-state index in [1.54, 1.807) is 6.92 Å². The van der Waals surface area contributed by atoms with E-state index in [2.05, 4.69) is 5.32 Å². The fourth-order valence-electron chi connectivity index (χ4n) is 5.91. The number of esters is 1. The molecule has 2 N–H and O–H groups in total. The molecule has 3 saturated heterocycles. The Morgan fingerprint density at radius 3 is 2.73 bits per heavy atom. The molecule has 3 heterocycles. The van der Waals surface area contributed by atoms with Crippen molar-refractivity contribution in [2.75, 3.05) is 19.8 Å². The van der Waals surface area contributed by atoms with Crippen molar-refractivity contribution >= 4 is 17.8 Å². The average molecular weight is 459 g/mol. The van der Waals surface area contributed by atoms with Gasteiger partial charge in [0.25, 0.3) is 0 Å². The number of nitrogens with zero attached hydrogens (tertiary/aromatic N) is 1. The third-order valence-corrected chi connectivity index (χ3v) is 7.29. The Morgan fingerprint density at radius 1 is 1.30 bits per heavy atom. The molecule has 6 atom stereocenters. The normalized spacial score (nSPS) is 30.9. The molecule has 0 unspecified atom stereocenters. The van der Waals surface area contributed by atoms with Crippen LogP contribution in [-0.2, 0) is 30.3 Å². The number of nitrogens with one attached hydrogen (secondary N) is 1. The first-order valence-corrected chi connectivity index (χ1v) is 12.1. The molecule has 8 nitrogen and oxygen atoms in total. The number of amides is 2. The number of fused-ring (bicyclic) bond motifs is 1. The molecule has 3 aliphatic rings. The van der Waals surface area contributed by atoms with Gasteiger partial charge in [-0.3, -0.25) is 14.4 Å². The van der Waals surface area contributed by atoms with Crippen molar-refractivity contribution in [3.63, 3.8) is 0 Å². The van der Waals surface area contributed by atoms with E-state index in [1.807, 2.05) is 37.3 Å². The predicted molar refractivity (Wildman–Crippen MR) is 120 cm³/mol. The molecule has 33 heavy (non-hydrogen) atoms. The Balaban J connectivity index is 1.70. The van der Waals surface area contributed by atoms with Gasteiger partial charge in [0.1, 0.15) is 11.6 Å². The van der Waals surface area contributed by atoms with Gasteiger partial charge in [-0.15, -0.1) is 0 Å². The van der Waals surface area contributed by atoms with Crippen molar-refractivity contribution in [2.45, 2.75) is 69.7 Å². The molecule has 2 bridgehead atoms. The minimum absolute atomic E-state index is 0.216. The van der Waals surface area contributed by atoms with Gasteiger partial charge in [-0.1, -0.05) is 43.7 Å². The van der Waals surface area contributed by atoms with Crippen molar-refractivity contribution < 1.29 is 29.0 Å². The van der Waals surface area contributed by atoms with Crippen LogP contribution in [0.5, 0.6) is 0 Å². The van der Waals surface area contributed by atoms with Crippen LogP contribution in [0.15, 0.2) is 30.3 Å². The summed E-state index contributed by atoms with van der Waals surface area (Å²) in [6.07, 6.45) is 2.85. The van der Waals surface area contributed by atoms with Gasteiger partial charge < -0.3 is 24.8 Å². The molecule has 0 radical (unpaired) electrons. The smallest absolute Gasteiger partial charge is 0.312 e. The number of ether oxygens (including phenoxy) is 2. The van der Waals surface area contributed by atoms with Crippen molar-refractivity contribution in [1.29, 1.82) is 0 Å². The van der Waals surface area contributed by atoms with Gasteiger partial charge in [-0.05, 0) is 38.2 Å². The van der Waals surface area contributed by atoms with Crippen molar-refractivity contribution in [2.24, 2.45) is 11.8 Å². The summed E-state index contributed by atoms with van der Waals surface area (Å²) in [5.74, 6) is -2.53. The molecule has 4 rings (SSSR count). The standard InChI is InChI=1S/C25H34N2O6/c1-3-5-13-26-22(29)21-25-12-11-18(33-25)19(24(31)32-4-2)20(25)23(30)27(21)17(15-28)14-16-9-7-6-8-10-16/h6-10,17-21,28H,3-5,11-15H2,1-2H3,(H,26,29)/t17-,18-,19+,20+,21-,25+/m1/s1. The Kier molecular flexibility index (Phi) is 7.05. The number of benzene rings is 1. The largest absolute Gasteiger partial charge is 0.466 e. The highest BCUT2D eigenvalue weighted by Crippen LogP contribution is 2.59. The zero-order valence-corrected chi connectivity index (χ0v) is 19.4. The molecule has 3 fully saturated rings. The number of rotatable bonds is 10. The highest BCUT2D eigenvalue weighted by Gasteiger charge is 2.75. The van der Waals surface area contributed by atoms with Crippen LogP contribution in [0.1, 0.15) is 45.1 Å². The monoisotopic (exact) mass is 458 g/mol. The molecular weight excluding hydrogens is 424 g/mol. The van der Waals surface area contributed by atoms with Crippen LogP contribution < -0.4 is 5.32 Å². The minimum atomic E-state index is -1.07. The van der Waals surface area contributed by atoms with Gasteiger partial charge in [0, 0.05) is 6.54 Å². The second-order valence-corrected chi connectivity index (χ2v) is 9.22. The second-order valence-electron chi connectivity index (χ2n) is 9.22. The van der Waals surface area contributed by atoms with Crippen molar-refractivity contribution in [3.05, 3.63) is 35.9 Å². The molecule has 180 valence electrons. The molecule has 0 aromatic heterocycles. The van der Waals surface area contributed by atoms with Crippen LogP contribution in [0.2, 0.25) is 0 Å². The maximum absolute atomic E-state index is 13.9. The van der Waals surface area contributed by atoms with E-state index in [1.165, 1.54) is 4.90 Å². The van der Waals surface area contributed by atoms with Crippen LogP contribution in [0.4, 0.5) is 0 Å². The molecular formula is C25H34N2O6. The number of carbonyl (C=O) groups is 3. The van der Waals surface area contributed by atoms with Gasteiger partial charge in [0.15, 0.2) is 0 Å². The van der Waals surface area contributed by atoms with Crippen LogP contribution in [-0.4, -0.2) is 71.3 Å². The SMILES string of the molecule is CCCCNC(=O)[C@H]1N([C@@H](CO)Cc2ccccc2)C(=O)[C@@H]2[C@@H](C(=O)OCC)[C@H]3CC[C@]21O3. The van der Waals surface area contributed by atoms with Gasteiger partial charge in [-0.2, -0.15) is 0 Å². The number of hydrogen-bond acceptors (Lipinski definition) is 6. The van der Waals surface area contributed by atoms with E-state index >= 15 is 0 Å². The van der Waals surface area contributed by atoms with Gasteiger partial charge in [0.2, 0.25) is 11.8 Å². The topological polar surface area (TPSA) is 105 Å². The number of likely N-dealkylation sites (tertiary alicyclic amines) is 1. The zero-order valence-electron chi connectivity index (χ0n) is 19.4. The summed E-state index contributed by atoms with van der Waals surface area (Å²) < 4.78 is 11.6. The summed E-state index contributed by atoms with van der Waals surface area (Å²) in [6, 6.07) is 8.08. The lowest BCUT2D eigenvalue weighted by Gasteiger charge is -2.36. The first kappa shape index (κ1) is 23.7. The van der Waals surface area contributed by atoms with Crippen LogP contribution in [0.3, 0.4) is 0 Å². The second kappa shape index (κ2) is 9.81. The zero-order chi connectivity index (χ0) is 23.6. The summed E-state index contributed by atoms with van der Waals surface area (Å²) in [5, 5.41) is 13.3.